The number of nitrogens with zero attached hydrogens (tertiary/aromatic N) is 1. The molecule has 2 heterocycles. The third-order valence-corrected chi connectivity index (χ3v) is 4.62. The van der Waals surface area contributed by atoms with Crippen molar-refractivity contribution in [3.05, 3.63) is 75.1 Å². The standard InChI is InChI=1S/C20H16F3NO3/c1-12-7-18(25)27-19-15(12)5-6-17-16(19)10-24(11-26-17)9-13-3-2-4-14(8-13)20(21,22)23/h2-8H,9-11H2,1H3. The molecular formula is C20H16F3NO3. The van der Waals surface area contributed by atoms with E-state index in [0.29, 0.717) is 23.4 Å². The highest BCUT2D eigenvalue weighted by molar-refractivity contribution is 5.85. The molecule has 27 heavy (non-hydrogen) atoms. The van der Waals surface area contributed by atoms with Crippen LogP contribution >= 0.6 is 0 Å². The van der Waals surface area contributed by atoms with Crippen LogP contribution in [0, 0.1) is 6.92 Å². The minimum Gasteiger partial charge on any atom is -0.478 e. The molecule has 1 aromatic heterocycles. The molecule has 0 saturated heterocycles. The number of rotatable bonds is 2. The van der Waals surface area contributed by atoms with E-state index in [0.717, 1.165) is 28.6 Å². The van der Waals surface area contributed by atoms with E-state index < -0.39 is 17.4 Å². The molecule has 0 aliphatic carbocycles. The van der Waals surface area contributed by atoms with Crippen molar-refractivity contribution in [2.45, 2.75) is 26.2 Å². The van der Waals surface area contributed by atoms with E-state index >= 15 is 0 Å². The third kappa shape index (κ3) is 3.42. The molecule has 0 radical (unpaired) electrons. The largest absolute Gasteiger partial charge is 0.478 e. The maximum Gasteiger partial charge on any atom is 0.416 e. The zero-order valence-electron chi connectivity index (χ0n) is 14.5. The average molecular weight is 375 g/mol. The Morgan fingerprint density at radius 2 is 1.96 bits per heavy atom. The predicted molar refractivity (Wildman–Crippen MR) is 93.4 cm³/mol. The van der Waals surface area contributed by atoms with Crippen molar-refractivity contribution in [3.8, 4) is 5.75 Å². The fourth-order valence-electron chi connectivity index (χ4n) is 3.34. The maximum absolute atomic E-state index is 12.9. The Labute approximate surface area is 152 Å². The van der Waals surface area contributed by atoms with Gasteiger partial charge >= 0.3 is 11.8 Å². The Bertz CT molecular complexity index is 1070. The highest BCUT2D eigenvalue weighted by atomic mass is 19.4. The molecule has 0 saturated carbocycles. The van der Waals surface area contributed by atoms with Gasteiger partial charge in [0.05, 0.1) is 11.1 Å². The van der Waals surface area contributed by atoms with Gasteiger partial charge in [0.2, 0.25) is 0 Å². The van der Waals surface area contributed by atoms with Crippen LogP contribution in [0.1, 0.15) is 22.3 Å². The van der Waals surface area contributed by atoms with Gasteiger partial charge in [0.15, 0.2) is 0 Å². The van der Waals surface area contributed by atoms with Crippen LogP contribution in [-0.4, -0.2) is 11.6 Å². The summed E-state index contributed by atoms with van der Waals surface area (Å²) in [5.41, 5.74) is 1.42. The lowest BCUT2D eigenvalue weighted by Crippen LogP contribution is -2.31. The molecule has 0 amide bonds. The molecule has 0 N–H and O–H groups in total. The molecule has 1 aliphatic rings. The molecule has 3 aromatic rings. The Kier molecular flexibility index (Phi) is 4.19. The summed E-state index contributed by atoms with van der Waals surface area (Å²) in [6.45, 7) is 2.77. The molecule has 4 nitrogen and oxygen atoms in total. The summed E-state index contributed by atoms with van der Waals surface area (Å²) in [6, 6.07) is 10.3. The van der Waals surface area contributed by atoms with Crippen molar-refractivity contribution in [1.82, 2.24) is 4.90 Å². The van der Waals surface area contributed by atoms with E-state index in [1.807, 2.05) is 24.0 Å². The number of ether oxygens (including phenoxy) is 1. The molecule has 4 rings (SSSR count). The van der Waals surface area contributed by atoms with E-state index in [1.54, 1.807) is 6.07 Å². The molecule has 0 atom stereocenters. The van der Waals surface area contributed by atoms with Gasteiger partial charge in [0, 0.05) is 24.5 Å². The fourth-order valence-corrected chi connectivity index (χ4v) is 3.34. The normalized spacial score (nSPS) is 14.8. The smallest absolute Gasteiger partial charge is 0.416 e. The van der Waals surface area contributed by atoms with Gasteiger partial charge in [-0.05, 0) is 36.2 Å². The molecule has 0 unspecified atom stereocenters. The number of hydrogen-bond acceptors (Lipinski definition) is 4. The summed E-state index contributed by atoms with van der Waals surface area (Å²) < 4.78 is 49.9. The van der Waals surface area contributed by atoms with Crippen molar-refractivity contribution < 1.29 is 22.3 Å². The molecule has 0 bridgehead atoms. The molecule has 1 aliphatic heterocycles. The highest BCUT2D eigenvalue weighted by Crippen LogP contribution is 2.34. The molecule has 0 fully saturated rings. The van der Waals surface area contributed by atoms with E-state index in [9.17, 15) is 18.0 Å². The van der Waals surface area contributed by atoms with Gasteiger partial charge in [-0.3, -0.25) is 4.90 Å². The highest BCUT2D eigenvalue weighted by Gasteiger charge is 2.30. The summed E-state index contributed by atoms with van der Waals surface area (Å²) in [5.74, 6) is 0.622. The summed E-state index contributed by atoms with van der Waals surface area (Å²) in [6.07, 6.45) is -4.38. The zero-order chi connectivity index (χ0) is 19.2. The molecular weight excluding hydrogens is 359 g/mol. The van der Waals surface area contributed by atoms with Gasteiger partial charge in [-0.25, -0.2) is 4.79 Å². The summed E-state index contributed by atoms with van der Waals surface area (Å²) >= 11 is 0. The van der Waals surface area contributed by atoms with Crippen molar-refractivity contribution in [1.29, 1.82) is 0 Å². The first-order chi connectivity index (χ1) is 12.8. The van der Waals surface area contributed by atoms with Crippen LogP contribution in [0.25, 0.3) is 11.0 Å². The van der Waals surface area contributed by atoms with Crippen LogP contribution in [0.3, 0.4) is 0 Å². The van der Waals surface area contributed by atoms with Crippen molar-refractivity contribution in [3.63, 3.8) is 0 Å². The van der Waals surface area contributed by atoms with Crippen LogP contribution in [0.5, 0.6) is 5.75 Å². The van der Waals surface area contributed by atoms with Crippen molar-refractivity contribution in [2.75, 3.05) is 6.73 Å². The number of hydrogen-bond donors (Lipinski definition) is 0. The van der Waals surface area contributed by atoms with Gasteiger partial charge in [0.1, 0.15) is 18.1 Å². The molecule has 140 valence electrons. The van der Waals surface area contributed by atoms with Gasteiger partial charge in [-0.1, -0.05) is 18.2 Å². The van der Waals surface area contributed by atoms with Crippen LogP contribution in [0.2, 0.25) is 0 Å². The van der Waals surface area contributed by atoms with E-state index in [-0.39, 0.29) is 13.3 Å². The first-order valence-corrected chi connectivity index (χ1v) is 8.39. The van der Waals surface area contributed by atoms with Gasteiger partial charge < -0.3 is 9.15 Å². The first-order valence-electron chi connectivity index (χ1n) is 8.39. The number of halogens is 3. The second-order valence-corrected chi connectivity index (χ2v) is 6.63. The van der Waals surface area contributed by atoms with E-state index in [2.05, 4.69) is 0 Å². The van der Waals surface area contributed by atoms with Crippen LogP contribution in [0.15, 0.2) is 51.7 Å². The maximum atomic E-state index is 12.9. The SMILES string of the molecule is Cc1cc(=O)oc2c3c(ccc12)OCN(Cc1cccc(C(F)(F)F)c1)C3. The Morgan fingerprint density at radius 1 is 1.15 bits per heavy atom. The fraction of sp³-hybridized carbons (Fsp3) is 0.250. The Balaban J connectivity index is 1.65. The number of benzene rings is 2. The second kappa shape index (κ2) is 6.42. The summed E-state index contributed by atoms with van der Waals surface area (Å²) in [4.78, 5) is 13.6. The zero-order valence-corrected chi connectivity index (χ0v) is 14.5. The lowest BCUT2D eigenvalue weighted by atomic mass is 10.0. The molecule has 7 heteroatoms. The van der Waals surface area contributed by atoms with Crippen LogP contribution < -0.4 is 10.4 Å². The van der Waals surface area contributed by atoms with E-state index in [4.69, 9.17) is 9.15 Å². The third-order valence-electron chi connectivity index (χ3n) is 4.62. The Morgan fingerprint density at radius 3 is 2.74 bits per heavy atom. The predicted octanol–water partition coefficient (Wildman–Crippen LogP) is 4.47. The van der Waals surface area contributed by atoms with Crippen LogP contribution in [0.4, 0.5) is 13.2 Å². The Hall–Kier alpha value is -2.80. The number of alkyl halides is 3. The lowest BCUT2D eigenvalue weighted by Gasteiger charge is -2.29. The quantitative estimate of drug-likeness (QED) is 0.620. The van der Waals surface area contributed by atoms with Gasteiger partial charge in [-0.15, -0.1) is 0 Å². The monoisotopic (exact) mass is 375 g/mol. The lowest BCUT2D eigenvalue weighted by molar-refractivity contribution is -0.137. The molecule has 2 aromatic carbocycles. The van der Waals surface area contributed by atoms with Gasteiger partial charge in [0.25, 0.3) is 0 Å². The second-order valence-electron chi connectivity index (χ2n) is 6.63. The number of fused-ring (bicyclic) bond motifs is 3. The topological polar surface area (TPSA) is 42.7 Å². The molecule has 0 spiro atoms. The van der Waals surface area contributed by atoms with Gasteiger partial charge in [-0.2, -0.15) is 13.2 Å². The minimum atomic E-state index is -4.38. The van der Waals surface area contributed by atoms with Crippen molar-refractivity contribution in [2.24, 2.45) is 0 Å². The number of aryl methyl sites for hydroxylation is 1. The van der Waals surface area contributed by atoms with Crippen LogP contribution in [-0.2, 0) is 19.3 Å². The first kappa shape index (κ1) is 17.6. The minimum absolute atomic E-state index is 0.241. The average Bonchev–Trinajstić information content (AvgIpc) is 2.61. The summed E-state index contributed by atoms with van der Waals surface area (Å²) in [7, 11) is 0. The van der Waals surface area contributed by atoms with Crippen molar-refractivity contribution >= 4 is 11.0 Å². The summed E-state index contributed by atoms with van der Waals surface area (Å²) in [5, 5.41) is 0.817. The van der Waals surface area contributed by atoms with E-state index in [1.165, 1.54) is 12.1 Å².